The third-order valence-corrected chi connectivity index (χ3v) is 9.75. The lowest BCUT2D eigenvalue weighted by atomic mass is 9.68. The molecule has 0 fully saturated rings. The lowest BCUT2D eigenvalue weighted by molar-refractivity contribution is -0.118. The molecule has 1 atom stereocenters. The molecule has 2 aliphatic rings. The van der Waals surface area contributed by atoms with Crippen LogP contribution in [0.15, 0.2) is 69.5 Å². The number of nitriles is 1. The second-order valence-corrected chi connectivity index (χ2v) is 13.7. The number of amides is 1. The average Bonchev–Trinajstić information content (AvgIpc) is 3.37. The summed E-state index contributed by atoms with van der Waals surface area (Å²) in [5.74, 6) is -0.886. The molecule has 0 saturated carbocycles. The average molecular weight is 646 g/mol. The fraction of sp³-hybridized carbons (Fsp3) is 0.250. The molecule has 5 rings (SSSR count). The maximum Gasteiger partial charge on any atom is 0.234 e. The second-order valence-electron chi connectivity index (χ2n) is 10.3. The maximum atomic E-state index is 13.7. The van der Waals surface area contributed by atoms with Crippen molar-refractivity contribution in [3.8, 4) is 6.07 Å². The van der Waals surface area contributed by atoms with E-state index in [4.69, 9.17) is 40.5 Å². The number of halogens is 3. The highest BCUT2D eigenvalue weighted by molar-refractivity contribution is 8.01. The highest BCUT2D eigenvalue weighted by Gasteiger charge is 2.45. The fourth-order valence-electron chi connectivity index (χ4n) is 5.02. The van der Waals surface area contributed by atoms with Crippen LogP contribution >= 0.6 is 57.9 Å². The summed E-state index contributed by atoms with van der Waals surface area (Å²) in [4.78, 5) is 27.9. The predicted molar refractivity (Wildman–Crippen MR) is 164 cm³/mol. The fourth-order valence-corrected chi connectivity index (χ4v) is 7.44. The molecule has 0 saturated heterocycles. The van der Waals surface area contributed by atoms with Crippen LogP contribution in [0.4, 0.5) is 10.8 Å². The van der Waals surface area contributed by atoms with Crippen LogP contribution in [-0.4, -0.2) is 27.6 Å². The van der Waals surface area contributed by atoms with Gasteiger partial charge in [0, 0.05) is 22.7 Å². The van der Waals surface area contributed by atoms with Gasteiger partial charge in [0.2, 0.25) is 11.0 Å². The maximum absolute atomic E-state index is 13.7. The topological polar surface area (TPSA) is 125 Å². The Balaban J connectivity index is 1.47. The summed E-state index contributed by atoms with van der Waals surface area (Å²) in [5.41, 5.74) is 8.68. The minimum Gasteiger partial charge on any atom is -0.384 e. The van der Waals surface area contributed by atoms with Crippen LogP contribution in [0.25, 0.3) is 0 Å². The molecule has 1 unspecified atom stereocenters. The largest absolute Gasteiger partial charge is 0.384 e. The molecule has 8 nitrogen and oxygen atoms in total. The number of hydrogen-bond acceptors (Lipinski definition) is 9. The number of hydrogen-bond donors (Lipinski definition) is 2. The zero-order chi connectivity index (χ0) is 29.5. The van der Waals surface area contributed by atoms with Gasteiger partial charge in [0.15, 0.2) is 10.1 Å². The first-order valence-corrected chi connectivity index (χ1v) is 15.3. The molecule has 1 aliphatic carbocycles. The number of thioether (sulfide) groups is 1. The number of rotatable bonds is 6. The lowest BCUT2D eigenvalue weighted by Gasteiger charge is -2.42. The third kappa shape index (κ3) is 5.83. The molecular weight excluding hydrogens is 623 g/mol. The minimum atomic E-state index is -0.689. The van der Waals surface area contributed by atoms with E-state index in [1.165, 1.54) is 23.1 Å². The molecule has 0 bridgehead atoms. The van der Waals surface area contributed by atoms with E-state index in [9.17, 15) is 14.9 Å². The first kappa shape index (κ1) is 29.4. The summed E-state index contributed by atoms with van der Waals surface area (Å²) < 4.78 is 0.503. The molecule has 1 aromatic heterocycles. The SMILES string of the molecule is CC1(C)CC(=O)C2=C(C1)N(c1nnc(SCC(=O)Nc3c(Cl)cccc3Cl)s1)C(N)=C(C#N)C2c1ccccc1Cl. The first-order chi connectivity index (χ1) is 19.5. The van der Waals surface area contributed by atoms with Gasteiger partial charge < -0.3 is 11.1 Å². The van der Waals surface area contributed by atoms with Gasteiger partial charge in [-0.3, -0.25) is 14.5 Å². The Morgan fingerprint density at radius 1 is 1.15 bits per heavy atom. The number of nitrogens with one attached hydrogen (secondary N) is 1. The summed E-state index contributed by atoms with van der Waals surface area (Å²) in [7, 11) is 0. The second kappa shape index (κ2) is 11.7. The monoisotopic (exact) mass is 644 g/mol. The quantitative estimate of drug-likeness (QED) is 0.270. The number of carbonyl (C=O) groups excluding carboxylic acids is 2. The van der Waals surface area contributed by atoms with Crippen molar-refractivity contribution in [1.29, 1.82) is 5.26 Å². The van der Waals surface area contributed by atoms with Gasteiger partial charge in [0.05, 0.1) is 39.0 Å². The Kier molecular flexibility index (Phi) is 8.37. The molecular formula is C28H23Cl3N6O2S2. The summed E-state index contributed by atoms with van der Waals surface area (Å²) in [6, 6.07) is 14.3. The Morgan fingerprint density at radius 3 is 2.51 bits per heavy atom. The van der Waals surface area contributed by atoms with Crippen LogP contribution in [0.5, 0.6) is 0 Å². The van der Waals surface area contributed by atoms with Gasteiger partial charge in [-0.2, -0.15) is 5.26 Å². The van der Waals surface area contributed by atoms with Crippen molar-refractivity contribution in [3.63, 3.8) is 0 Å². The summed E-state index contributed by atoms with van der Waals surface area (Å²) in [6.07, 6.45) is 0.846. The van der Waals surface area contributed by atoms with Crippen molar-refractivity contribution in [2.75, 3.05) is 16.0 Å². The Bertz CT molecular complexity index is 1660. The normalized spacial score (nSPS) is 18.3. The summed E-state index contributed by atoms with van der Waals surface area (Å²) in [6.45, 7) is 4.03. The van der Waals surface area contributed by atoms with Gasteiger partial charge in [0.1, 0.15) is 5.82 Å². The predicted octanol–water partition coefficient (Wildman–Crippen LogP) is 7.17. The van der Waals surface area contributed by atoms with Crippen LogP contribution in [0, 0.1) is 16.7 Å². The zero-order valence-corrected chi connectivity index (χ0v) is 25.8. The highest BCUT2D eigenvalue weighted by Crippen LogP contribution is 2.51. The number of carbonyl (C=O) groups is 2. The van der Waals surface area contributed by atoms with Crippen molar-refractivity contribution in [1.82, 2.24) is 10.2 Å². The zero-order valence-electron chi connectivity index (χ0n) is 21.9. The molecule has 13 heteroatoms. The molecule has 1 amide bonds. The highest BCUT2D eigenvalue weighted by atomic mass is 35.5. The number of allylic oxidation sites excluding steroid dienone is 3. The lowest BCUT2D eigenvalue weighted by Crippen LogP contribution is -2.42. The smallest absolute Gasteiger partial charge is 0.234 e. The van der Waals surface area contributed by atoms with E-state index in [2.05, 4.69) is 21.6 Å². The number of para-hydroxylation sites is 1. The molecule has 210 valence electrons. The van der Waals surface area contributed by atoms with Gasteiger partial charge in [-0.05, 0) is 35.6 Å². The molecule has 0 radical (unpaired) electrons. The molecule has 3 N–H and O–H groups in total. The van der Waals surface area contributed by atoms with E-state index in [0.717, 1.165) is 0 Å². The summed E-state index contributed by atoms with van der Waals surface area (Å²) in [5, 5.41) is 23.0. The van der Waals surface area contributed by atoms with E-state index in [1.807, 2.05) is 26.0 Å². The van der Waals surface area contributed by atoms with E-state index in [-0.39, 0.29) is 34.3 Å². The van der Waals surface area contributed by atoms with E-state index < -0.39 is 5.92 Å². The summed E-state index contributed by atoms with van der Waals surface area (Å²) >= 11 is 21.3. The number of aromatic nitrogens is 2. The molecule has 2 aromatic carbocycles. The standard InChI is InChI=1S/C28H23Cl3N6O2S2/c1-28(2)10-19-23(20(38)11-28)22(14-6-3-4-7-16(14)29)15(12-32)25(33)37(19)26-35-36-27(41-26)40-13-21(39)34-24-17(30)8-5-9-18(24)31/h3-9,22H,10-11,13,33H2,1-2H3,(H,34,39). The van der Waals surface area contributed by atoms with Gasteiger partial charge >= 0.3 is 0 Å². The number of Topliss-reactive ketones (excluding diaryl/α,β-unsaturated/α-hetero) is 1. The van der Waals surface area contributed by atoms with E-state index in [0.29, 0.717) is 59.9 Å². The minimum absolute atomic E-state index is 0.0268. The van der Waals surface area contributed by atoms with Crippen molar-refractivity contribution in [2.45, 2.75) is 36.9 Å². The van der Waals surface area contributed by atoms with Gasteiger partial charge in [-0.1, -0.05) is 96.0 Å². The number of nitrogens with zero attached hydrogens (tertiary/aromatic N) is 4. The number of benzene rings is 2. The number of anilines is 2. The van der Waals surface area contributed by atoms with Gasteiger partial charge in [0.25, 0.3) is 0 Å². The van der Waals surface area contributed by atoms with Crippen molar-refractivity contribution in [2.24, 2.45) is 11.1 Å². The van der Waals surface area contributed by atoms with Crippen LogP contribution < -0.4 is 16.0 Å². The van der Waals surface area contributed by atoms with Crippen LogP contribution in [0.3, 0.4) is 0 Å². The Hall–Kier alpha value is -3.07. The number of nitrogens with two attached hydrogens (primary N) is 1. The van der Waals surface area contributed by atoms with Crippen LogP contribution in [0.2, 0.25) is 15.1 Å². The first-order valence-electron chi connectivity index (χ1n) is 12.4. The molecule has 1 aliphatic heterocycles. The van der Waals surface area contributed by atoms with Gasteiger partial charge in [-0.15, -0.1) is 10.2 Å². The third-order valence-electron chi connectivity index (χ3n) is 6.74. The van der Waals surface area contributed by atoms with Crippen molar-refractivity contribution >= 4 is 80.4 Å². The van der Waals surface area contributed by atoms with Crippen molar-refractivity contribution < 1.29 is 9.59 Å². The van der Waals surface area contributed by atoms with Crippen molar-refractivity contribution in [3.05, 3.63) is 85.8 Å². The molecule has 2 heterocycles. The van der Waals surface area contributed by atoms with E-state index in [1.54, 1.807) is 35.2 Å². The molecule has 0 spiro atoms. The van der Waals surface area contributed by atoms with Crippen LogP contribution in [0.1, 0.15) is 38.2 Å². The number of ketones is 1. The Labute approximate surface area is 260 Å². The van der Waals surface area contributed by atoms with E-state index >= 15 is 0 Å². The molecule has 3 aromatic rings. The van der Waals surface area contributed by atoms with Gasteiger partial charge in [-0.25, -0.2) is 0 Å². The Morgan fingerprint density at radius 2 is 1.83 bits per heavy atom. The van der Waals surface area contributed by atoms with Crippen LogP contribution in [-0.2, 0) is 9.59 Å². The molecule has 41 heavy (non-hydrogen) atoms.